The van der Waals surface area contributed by atoms with E-state index < -0.39 is 30.1 Å². The number of para-hydroxylation sites is 1. The maximum Gasteiger partial charge on any atom is 0.572 e. The molecule has 3 heterocycles. The third kappa shape index (κ3) is 4.51. The fourth-order valence-electron chi connectivity index (χ4n) is 3.81. The highest BCUT2D eigenvalue weighted by Crippen LogP contribution is 2.42. The number of benzene rings is 1. The number of ether oxygens (including phenoxy) is 1. The van der Waals surface area contributed by atoms with E-state index in [0.717, 1.165) is 17.5 Å². The van der Waals surface area contributed by atoms with Crippen molar-refractivity contribution in [3.05, 3.63) is 53.8 Å². The predicted molar refractivity (Wildman–Crippen MR) is 105 cm³/mol. The van der Waals surface area contributed by atoms with Crippen LogP contribution < -0.4 is 10.6 Å². The molecule has 13 heteroatoms. The molecule has 10 nitrogen and oxygen atoms in total. The van der Waals surface area contributed by atoms with E-state index in [0.29, 0.717) is 17.8 Å². The van der Waals surface area contributed by atoms with Crippen LogP contribution in [-0.2, 0) is 16.1 Å². The molecule has 0 spiro atoms. The average molecular weight is 451 g/mol. The summed E-state index contributed by atoms with van der Waals surface area (Å²) in [5.41, 5.74) is 2.68. The quantitative estimate of drug-likeness (QED) is 0.594. The molecule has 1 aromatic heterocycles. The van der Waals surface area contributed by atoms with Crippen LogP contribution in [0.1, 0.15) is 5.56 Å². The Bertz CT molecular complexity index is 1050. The number of amides is 1. The molecule has 1 amide bonds. The molecule has 0 saturated heterocycles. The van der Waals surface area contributed by atoms with Gasteiger partial charge in [-0.1, -0.05) is 18.2 Å². The summed E-state index contributed by atoms with van der Waals surface area (Å²) in [5, 5.41) is 26.3. The van der Waals surface area contributed by atoms with Crippen molar-refractivity contribution in [2.45, 2.75) is 19.0 Å². The summed E-state index contributed by atoms with van der Waals surface area (Å²) in [7, 11) is 1.56. The summed E-state index contributed by atoms with van der Waals surface area (Å²) >= 11 is 0. The van der Waals surface area contributed by atoms with Crippen molar-refractivity contribution in [2.24, 2.45) is 5.92 Å². The number of nitrogens with zero attached hydrogens (tertiary/aromatic N) is 5. The Labute approximate surface area is 180 Å². The van der Waals surface area contributed by atoms with E-state index in [1.165, 1.54) is 15.9 Å². The summed E-state index contributed by atoms with van der Waals surface area (Å²) in [6.45, 7) is 0.137. The summed E-state index contributed by atoms with van der Waals surface area (Å²) < 4.78 is 44.6. The normalized spacial score (nSPS) is 21.1. The Hall–Kier alpha value is -3.61. The van der Waals surface area contributed by atoms with Crippen molar-refractivity contribution in [3.63, 3.8) is 0 Å². The van der Waals surface area contributed by atoms with Gasteiger partial charge in [0.2, 0.25) is 5.91 Å². The first-order valence-electron chi connectivity index (χ1n) is 9.66. The number of aliphatic hydroxyl groups excluding tert-OH is 1. The van der Waals surface area contributed by atoms with Crippen LogP contribution in [0.4, 0.5) is 18.9 Å². The second-order valence-corrected chi connectivity index (χ2v) is 7.32. The summed E-state index contributed by atoms with van der Waals surface area (Å²) in [4.78, 5) is 14.5. The van der Waals surface area contributed by atoms with E-state index in [-0.39, 0.29) is 13.1 Å². The van der Waals surface area contributed by atoms with Crippen LogP contribution >= 0.6 is 0 Å². The predicted octanol–water partition coefficient (Wildman–Crippen LogP) is 0.926. The van der Waals surface area contributed by atoms with E-state index in [2.05, 4.69) is 30.9 Å². The van der Waals surface area contributed by atoms with Crippen molar-refractivity contribution in [1.82, 2.24) is 30.4 Å². The molecule has 2 atom stereocenters. The summed E-state index contributed by atoms with van der Waals surface area (Å²) in [6.07, 6.45) is -3.57. The minimum Gasteiger partial charge on any atom is -0.407 e. The van der Waals surface area contributed by atoms with Crippen LogP contribution in [0, 0.1) is 5.92 Å². The summed E-state index contributed by atoms with van der Waals surface area (Å²) in [5.74, 6) is -2.61. The Morgan fingerprint density at radius 3 is 2.91 bits per heavy atom. The number of rotatable bonds is 6. The lowest BCUT2D eigenvalue weighted by atomic mass is 9.96. The highest BCUT2D eigenvalue weighted by atomic mass is 19.4. The topological polar surface area (TPSA) is 117 Å². The van der Waals surface area contributed by atoms with Gasteiger partial charge in [-0.3, -0.25) is 4.79 Å². The molecule has 2 unspecified atom stereocenters. The molecule has 0 fully saturated rings. The number of carbonyl (C=O) groups is 1. The first kappa shape index (κ1) is 21.6. The molecule has 170 valence electrons. The lowest BCUT2D eigenvalue weighted by Gasteiger charge is -2.23. The van der Waals surface area contributed by atoms with Crippen molar-refractivity contribution < 1.29 is 27.8 Å². The molecule has 3 N–H and O–H groups in total. The zero-order valence-corrected chi connectivity index (χ0v) is 16.9. The molecular formula is C19H20F3N7O3. The average Bonchev–Trinajstić information content (AvgIpc) is 3.44. The molecule has 0 radical (unpaired) electrons. The molecule has 32 heavy (non-hydrogen) atoms. The number of hydrogen-bond acceptors (Lipinski definition) is 8. The lowest BCUT2D eigenvalue weighted by Crippen LogP contribution is -2.40. The minimum atomic E-state index is -4.96. The maximum absolute atomic E-state index is 13.0. The van der Waals surface area contributed by atoms with Gasteiger partial charge < -0.3 is 25.4 Å². The molecule has 0 bridgehead atoms. The highest BCUT2D eigenvalue weighted by molar-refractivity contribution is 5.92. The van der Waals surface area contributed by atoms with Crippen LogP contribution in [0.15, 0.2) is 48.2 Å². The van der Waals surface area contributed by atoms with Crippen molar-refractivity contribution in [1.29, 1.82) is 0 Å². The van der Waals surface area contributed by atoms with Gasteiger partial charge in [-0.05, 0) is 16.5 Å². The zero-order valence-electron chi connectivity index (χ0n) is 16.9. The SMILES string of the molecule is CN1C=C(OC(F)(F)F)C(C(=O)NCC(O)Cn2cnnn2)C1=C1CNc2ccccc21. The zero-order chi connectivity index (χ0) is 22.9. The number of hydrogen-bond donors (Lipinski definition) is 3. The maximum atomic E-state index is 13.0. The van der Waals surface area contributed by atoms with Gasteiger partial charge in [-0.25, -0.2) is 4.68 Å². The molecule has 0 aliphatic carbocycles. The van der Waals surface area contributed by atoms with Crippen LogP contribution in [0.3, 0.4) is 0 Å². The molecule has 0 saturated carbocycles. The van der Waals surface area contributed by atoms with Gasteiger partial charge in [0.25, 0.3) is 0 Å². The molecule has 2 aliphatic heterocycles. The molecule has 2 aliphatic rings. The van der Waals surface area contributed by atoms with Gasteiger partial charge in [0.05, 0.1) is 12.6 Å². The van der Waals surface area contributed by atoms with Crippen LogP contribution in [0.2, 0.25) is 0 Å². The van der Waals surface area contributed by atoms with Crippen LogP contribution in [0.5, 0.6) is 0 Å². The molecule has 2 aromatic rings. The smallest absolute Gasteiger partial charge is 0.407 e. The molecule has 4 rings (SSSR count). The number of halogens is 3. The van der Waals surface area contributed by atoms with E-state index >= 15 is 0 Å². The second kappa shape index (κ2) is 8.49. The van der Waals surface area contributed by atoms with Gasteiger partial charge in [-0.2, -0.15) is 0 Å². The van der Waals surface area contributed by atoms with Gasteiger partial charge in [-0.15, -0.1) is 18.3 Å². The Kier molecular flexibility index (Phi) is 5.74. The lowest BCUT2D eigenvalue weighted by molar-refractivity contribution is -0.307. The first-order valence-corrected chi connectivity index (χ1v) is 9.66. The second-order valence-electron chi connectivity index (χ2n) is 7.32. The van der Waals surface area contributed by atoms with E-state index in [9.17, 15) is 23.1 Å². The fraction of sp³-hybridized carbons (Fsp3) is 0.368. The van der Waals surface area contributed by atoms with Gasteiger partial charge >= 0.3 is 6.36 Å². The number of alkyl halides is 3. The summed E-state index contributed by atoms with van der Waals surface area (Å²) in [6, 6.07) is 7.33. The van der Waals surface area contributed by atoms with Crippen molar-refractivity contribution in [3.8, 4) is 0 Å². The van der Waals surface area contributed by atoms with E-state index in [4.69, 9.17) is 0 Å². The Morgan fingerprint density at radius 2 is 2.19 bits per heavy atom. The van der Waals surface area contributed by atoms with Crippen molar-refractivity contribution in [2.75, 3.05) is 25.5 Å². The van der Waals surface area contributed by atoms with Gasteiger partial charge in [0.1, 0.15) is 18.0 Å². The van der Waals surface area contributed by atoms with E-state index in [1.807, 2.05) is 24.3 Å². The number of anilines is 1. The number of nitrogens with one attached hydrogen (secondary N) is 2. The van der Waals surface area contributed by atoms with Crippen LogP contribution in [-0.4, -0.2) is 68.7 Å². The minimum absolute atomic E-state index is 0.00480. The van der Waals surface area contributed by atoms with Gasteiger partial charge in [0.15, 0.2) is 0 Å². The van der Waals surface area contributed by atoms with E-state index in [1.54, 1.807) is 7.05 Å². The van der Waals surface area contributed by atoms with Crippen LogP contribution in [0.25, 0.3) is 5.57 Å². The van der Waals surface area contributed by atoms with Gasteiger partial charge in [0, 0.05) is 48.9 Å². The third-order valence-corrected chi connectivity index (χ3v) is 5.07. The number of fused-ring (bicyclic) bond motifs is 1. The standard InChI is InChI=1S/C19H20F3N7O3/c1-28-9-15(32-19(20,21)22)16(17(28)13-7-23-14-5-3-2-4-12(13)14)18(31)24-6-11(30)8-29-10-25-26-27-29/h2-5,9-11,16,23,30H,6-8H2,1H3,(H,24,31). The Morgan fingerprint density at radius 1 is 1.41 bits per heavy atom. The number of carbonyl (C=O) groups excluding carboxylic acids is 1. The molecular weight excluding hydrogens is 431 g/mol. The number of tetrazole rings is 1. The first-order chi connectivity index (χ1) is 15.2. The monoisotopic (exact) mass is 451 g/mol. The largest absolute Gasteiger partial charge is 0.572 e. The number of aromatic nitrogens is 4. The van der Waals surface area contributed by atoms with Crippen molar-refractivity contribution >= 4 is 17.2 Å². The fourth-order valence-corrected chi connectivity index (χ4v) is 3.81. The third-order valence-electron chi connectivity index (χ3n) is 5.07. The Balaban J connectivity index is 1.59. The highest BCUT2D eigenvalue weighted by Gasteiger charge is 2.44. The number of aliphatic hydroxyl groups is 1. The molecule has 1 aromatic carbocycles.